The molecule has 2 rings (SSSR count). The van der Waals surface area contributed by atoms with Gasteiger partial charge in [-0.15, -0.1) is 0 Å². The smallest absolute Gasteiger partial charge is 0.230 e. The molecule has 2 aliphatic heterocycles. The van der Waals surface area contributed by atoms with Crippen LogP contribution in [0, 0.1) is 11.3 Å². The highest BCUT2D eigenvalue weighted by molar-refractivity contribution is 5.84. The van der Waals surface area contributed by atoms with E-state index < -0.39 is 0 Å². The number of nitrogens with one attached hydrogen (secondary N) is 2. The van der Waals surface area contributed by atoms with Crippen LogP contribution in [0.2, 0.25) is 0 Å². The first-order valence-corrected chi connectivity index (χ1v) is 7.73. The molecule has 0 bridgehead atoms. The summed E-state index contributed by atoms with van der Waals surface area (Å²) in [6.07, 6.45) is 2.86. The summed E-state index contributed by atoms with van der Waals surface area (Å²) in [6.45, 7) is 9.01. The van der Waals surface area contributed by atoms with E-state index in [-0.39, 0.29) is 23.3 Å². The van der Waals surface area contributed by atoms with E-state index in [2.05, 4.69) is 24.5 Å². The minimum atomic E-state index is -0.252. The second-order valence-electron chi connectivity index (χ2n) is 6.53. The van der Waals surface area contributed by atoms with Crippen molar-refractivity contribution in [3.8, 4) is 0 Å². The van der Waals surface area contributed by atoms with Gasteiger partial charge in [0, 0.05) is 32.6 Å². The summed E-state index contributed by atoms with van der Waals surface area (Å²) >= 11 is 0. The van der Waals surface area contributed by atoms with Crippen molar-refractivity contribution >= 4 is 11.8 Å². The molecular formula is C15H27N3O2. The predicted molar refractivity (Wildman–Crippen MR) is 78.2 cm³/mol. The number of hydrogen-bond acceptors (Lipinski definition) is 3. The lowest BCUT2D eigenvalue weighted by Crippen LogP contribution is -2.55. The second kappa shape index (κ2) is 6.12. The average molecular weight is 281 g/mol. The van der Waals surface area contributed by atoms with Gasteiger partial charge in [-0.25, -0.2) is 0 Å². The van der Waals surface area contributed by atoms with Crippen LogP contribution in [0.4, 0.5) is 0 Å². The first-order chi connectivity index (χ1) is 9.45. The molecule has 2 atom stereocenters. The van der Waals surface area contributed by atoms with Crippen LogP contribution >= 0.6 is 0 Å². The van der Waals surface area contributed by atoms with Gasteiger partial charge in [0.1, 0.15) is 0 Å². The predicted octanol–water partition coefficient (Wildman–Crippen LogP) is 0.749. The van der Waals surface area contributed by atoms with Gasteiger partial charge in [0.25, 0.3) is 0 Å². The molecule has 2 unspecified atom stereocenters. The summed E-state index contributed by atoms with van der Waals surface area (Å²) in [5.74, 6) is 0.601. The highest BCUT2D eigenvalue weighted by Crippen LogP contribution is 2.36. The number of rotatable bonds is 3. The Labute approximate surface area is 121 Å². The lowest BCUT2D eigenvalue weighted by atomic mass is 9.75. The van der Waals surface area contributed by atoms with Crippen molar-refractivity contribution in [3.63, 3.8) is 0 Å². The Hall–Kier alpha value is -1.10. The van der Waals surface area contributed by atoms with E-state index in [0.717, 1.165) is 38.9 Å². The van der Waals surface area contributed by atoms with Gasteiger partial charge < -0.3 is 15.5 Å². The van der Waals surface area contributed by atoms with E-state index in [0.29, 0.717) is 12.5 Å². The molecule has 0 spiro atoms. The van der Waals surface area contributed by atoms with Crippen molar-refractivity contribution in [1.82, 2.24) is 15.5 Å². The van der Waals surface area contributed by atoms with Crippen LogP contribution in [0.3, 0.4) is 0 Å². The maximum Gasteiger partial charge on any atom is 0.230 e. The zero-order valence-corrected chi connectivity index (χ0v) is 12.9. The Balaban J connectivity index is 2.05. The minimum absolute atomic E-state index is 0.00888. The lowest BCUT2D eigenvalue weighted by molar-refractivity contribution is -0.145. The van der Waals surface area contributed by atoms with Crippen molar-refractivity contribution in [1.29, 1.82) is 0 Å². The van der Waals surface area contributed by atoms with Crippen LogP contribution in [0.25, 0.3) is 0 Å². The molecule has 2 heterocycles. The SMILES string of the molecule is CC(=O)NC1CCCN(C(=O)C2(C(C)C)CCNC2)C1. The van der Waals surface area contributed by atoms with Crippen molar-refractivity contribution in [2.45, 2.75) is 46.1 Å². The first kappa shape index (κ1) is 15.3. The largest absolute Gasteiger partial charge is 0.352 e. The maximum absolute atomic E-state index is 13.0. The fourth-order valence-electron chi connectivity index (χ4n) is 3.52. The average Bonchev–Trinajstić information content (AvgIpc) is 2.88. The molecule has 2 N–H and O–H groups in total. The normalized spacial score (nSPS) is 30.6. The molecule has 5 nitrogen and oxygen atoms in total. The number of amides is 2. The number of likely N-dealkylation sites (tertiary alicyclic amines) is 1. The summed E-state index contributed by atoms with van der Waals surface area (Å²) < 4.78 is 0. The van der Waals surface area contributed by atoms with Crippen LogP contribution in [0.5, 0.6) is 0 Å². The monoisotopic (exact) mass is 281 g/mol. The van der Waals surface area contributed by atoms with Crippen molar-refractivity contribution < 1.29 is 9.59 Å². The van der Waals surface area contributed by atoms with Gasteiger partial charge >= 0.3 is 0 Å². The van der Waals surface area contributed by atoms with Crippen LogP contribution < -0.4 is 10.6 Å². The van der Waals surface area contributed by atoms with Gasteiger partial charge in [-0.2, -0.15) is 0 Å². The first-order valence-electron chi connectivity index (χ1n) is 7.73. The third-order valence-corrected chi connectivity index (χ3v) is 4.84. The standard InChI is InChI=1S/C15H27N3O2/c1-11(2)15(6-7-16-10-15)14(20)18-8-4-5-13(9-18)17-12(3)19/h11,13,16H,4-10H2,1-3H3,(H,17,19). The highest BCUT2D eigenvalue weighted by atomic mass is 16.2. The van der Waals surface area contributed by atoms with Crippen LogP contribution in [-0.4, -0.2) is 48.9 Å². The number of carbonyl (C=O) groups is 2. The fraction of sp³-hybridized carbons (Fsp3) is 0.867. The van der Waals surface area contributed by atoms with E-state index in [9.17, 15) is 9.59 Å². The quantitative estimate of drug-likeness (QED) is 0.802. The molecular weight excluding hydrogens is 254 g/mol. The molecule has 0 aromatic heterocycles. The lowest BCUT2D eigenvalue weighted by Gasteiger charge is -2.40. The molecule has 0 aromatic carbocycles. The summed E-state index contributed by atoms with van der Waals surface area (Å²) in [4.78, 5) is 26.1. The van der Waals surface area contributed by atoms with E-state index in [1.165, 1.54) is 6.92 Å². The van der Waals surface area contributed by atoms with E-state index >= 15 is 0 Å². The zero-order valence-electron chi connectivity index (χ0n) is 12.9. The molecule has 114 valence electrons. The Bertz CT molecular complexity index is 375. The van der Waals surface area contributed by atoms with Crippen molar-refractivity contribution in [2.75, 3.05) is 26.2 Å². The van der Waals surface area contributed by atoms with Gasteiger partial charge in [-0.3, -0.25) is 9.59 Å². The number of carbonyl (C=O) groups excluding carboxylic acids is 2. The maximum atomic E-state index is 13.0. The van der Waals surface area contributed by atoms with Gasteiger partial charge in [-0.1, -0.05) is 13.8 Å². The van der Waals surface area contributed by atoms with E-state index in [1.54, 1.807) is 0 Å². The van der Waals surface area contributed by atoms with Gasteiger partial charge in [0.05, 0.1) is 5.41 Å². The summed E-state index contributed by atoms with van der Waals surface area (Å²) in [5, 5.41) is 6.29. The molecule has 0 radical (unpaired) electrons. The number of hydrogen-bond donors (Lipinski definition) is 2. The Morgan fingerprint density at radius 1 is 1.40 bits per heavy atom. The molecule has 2 aliphatic rings. The van der Waals surface area contributed by atoms with Gasteiger partial charge in [0.15, 0.2) is 0 Å². The fourth-order valence-corrected chi connectivity index (χ4v) is 3.52. The molecule has 2 saturated heterocycles. The van der Waals surface area contributed by atoms with E-state index in [4.69, 9.17) is 0 Å². The third-order valence-electron chi connectivity index (χ3n) is 4.84. The third kappa shape index (κ3) is 2.97. The van der Waals surface area contributed by atoms with E-state index in [1.807, 2.05) is 4.90 Å². The van der Waals surface area contributed by atoms with Crippen LogP contribution in [0.1, 0.15) is 40.0 Å². The van der Waals surface area contributed by atoms with Crippen molar-refractivity contribution in [2.24, 2.45) is 11.3 Å². The Morgan fingerprint density at radius 3 is 2.70 bits per heavy atom. The second-order valence-corrected chi connectivity index (χ2v) is 6.53. The molecule has 20 heavy (non-hydrogen) atoms. The molecule has 0 saturated carbocycles. The summed E-state index contributed by atoms with van der Waals surface area (Å²) in [6, 6.07) is 0.115. The van der Waals surface area contributed by atoms with Gasteiger partial charge in [-0.05, 0) is 31.7 Å². The number of nitrogens with zero attached hydrogens (tertiary/aromatic N) is 1. The molecule has 5 heteroatoms. The summed E-state index contributed by atoms with van der Waals surface area (Å²) in [5.41, 5.74) is -0.252. The Morgan fingerprint density at radius 2 is 2.15 bits per heavy atom. The minimum Gasteiger partial charge on any atom is -0.352 e. The van der Waals surface area contributed by atoms with Crippen LogP contribution in [-0.2, 0) is 9.59 Å². The molecule has 2 amide bonds. The zero-order chi connectivity index (χ0) is 14.8. The molecule has 0 aromatic rings. The topological polar surface area (TPSA) is 61.4 Å². The molecule has 0 aliphatic carbocycles. The number of piperidine rings is 1. The van der Waals surface area contributed by atoms with Crippen LogP contribution in [0.15, 0.2) is 0 Å². The summed E-state index contributed by atoms with van der Waals surface area (Å²) in [7, 11) is 0. The highest BCUT2D eigenvalue weighted by Gasteiger charge is 2.46. The van der Waals surface area contributed by atoms with Gasteiger partial charge in [0.2, 0.25) is 11.8 Å². The molecule has 2 fully saturated rings. The van der Waals surface area contributed by atoms with Crippen molar-refractivity contribution in [3.05, 3.63) is 0 Å². The Kier molecular flexibility index (Phi) is 4.68.